The lowest BCUT2D eigenvalue weighted by Gasteiger charge is -2.33. The first kappa shape index (κ1) is 18.2. The van der Waals surface area contributed by atoms with Crippen LogP contribution in [0.2, 0.25) is 0 Å². The second kappa shape index (κ2) is 6.93. The number of nitrogens with zero attached hydrogens (tertiary/aromatic N) is 2. The summed E-state index contributed by atoms with van der Waals surface area (Å²) in [6.45, 7) is 2.35. The zero-order chi connectivity index (χ0) is 18.9. The third kappa shape index (κ3) is 3.35. The highest BCUT2D eigenvalue weighted by atomic mass is 32.2. The number of benzene rings is 1. The molecule has 138 valence electrons. The maximum absolute atomic E-state index is 12.9. The zero-order valence-electron chi connectivity index (χ0n) is 14.1. The van der Waals surface area contributed by atoms with Crippen LogP contribution in [0, 0.1) is 6.92 Å². The number of hydrogen-bond acceptors (Lipinski definition) is 5. The lowest BCUT2D eigenvalue weighted by molar-refractivity contribution is 0.0663. The molecule has 1 amide bonds. The van der Waals surface area contributed by atoms with E-state index in [9.17, 15) is 18.0 Å². The van der Waals surface area contributed by atoms with Gasteiger partial charge in [-0.2, -0.15) is 4.31 Å². The lowest BCUT2D eigenvalue weighted by Crippen LogP contribution is -2.50. The van der Waals surface area contributed by atoms with E-state index in [2.05, 4.69) is 0 Å². The number of aryl methyl sites for hydroxylation is 1. The molecule has 3 rings (SSSR count). The van der Waals surface area contributed by atoms with E-state index in [1.165, 1.54) is 33.7 Å². The van der Waals surface area contributed by atoms with Crippen molar-refractivity contribution < 1.29 is 27.5 Å². The van der Waals surface area contributed by atoms with Crippen LogP contribution in [-0.2, 0) is 10.0 Å². The number of carbonyl (C=O) groups is 2. The number of carboxylic acid groups (broad SMARTS) is 1. The van der Waals surface area contributed by atoms with Gasteiger partial charge >= 0.3 is 5.97 Å². The Labute approximate surface area is 150 Å². The Morgan fingerprint density at radius 3 is 2.38 bits per heavy atom. The fraction of sp³-hybridized carbons (Fsp3) is 0.294. The zero-order valence-corrected chi connectivity index (χ0v) is 14.9. The number of carbonyl (C=O) groups excluding carboxylic acids is 1. The molecule has 2 aromatic rings. The van der Waals surface area contributed by atoms with Crippen LogP contribution in [0.4, 0.5) is 0 Å². The van der Waals surface area contributed by atoms with Gasteiger partial charge in [0, 0.05) is 26.2 Å². The van der Waals surface area contributed by atoms with Gasteiger partial charge in [-0.3, -0.25) is 4.79 Å². The highest BCUT2D eigenvalue weighted by molar-refractivity contribution is 7.89. The van der Waals surface area contributed by atoms with Gasteiger partial charge in [0.15, 0.2) is 5.76 Å². The summed E-state index contributed by atoms with van der Waals surface area (Å²) in [4.78, 5) is 24.9. The van der Waals surface area contributed by atoms with Crippen molar-refractivity contribution in [2.24, 2.45) is 0 Å². The summed E-state index contributed by atoms with van der Waals surface area (Å²) in [5.41, 5.74) is 0.393. The molecule has 2 heterocycles. The van der Waals surface area contributed by atoms with Gasteiger partial charge in [0.2, 0.25) is 10.0 Å². The van der Waals surface area contributed by atoms with Gasteiger partial charge in [-0.05, 0) is 36.8 Å². The van der Waals surface area contributed by atoms with Gasteiger partial charge in [-0.25, -0.2) is 13.2 Å². The summed E-state index contributed by atoms with van der Waals surface area (Å²) in [6.07, 6.45) is 1.41. The smallest absolute Gasteiger partial charge is 0.335 e. The predicted octanol–water partition coefficient (Wildman–Crippen LogP) is 1.43. The van der Waals surface area contributed by atoms with E-state index in [1.807, 2.05) is 0 Å². The van der Waals surface area contributed by atoms with E-state index in [4.69, 9.17) is 9.52 Å². The molecule has 0 spiro atoms. The Hall–Kier alpha value is -2.65. The lowest BCUT2D eigenvalue weighted by atomic mass is 10.1. The quantitative estimate of drug-likeness (QED) is 0.862. The minimum atomic E-state index is -3.84. The summed E-state index contributed by atoms with van der Waals surface area (Å²) >= 11 is 0. The van der Waals surface area contributed by atoms with Crippen LogP contribution in [0.3, 0.4) is 0 Å². The highest BCUT2D eigenvalue weighted by Crippen LogP contribution is 2.23. The van der Waals surface area contributed by atoms with Crippen molar-refractivity contribution >= 4 is 21.9 Å². The number of hydrogen-bond donors (Lipinski definition) is 1. The van der Waals surface area contributed by atoms with Crippen molar-refractivity contribution in [2.45, 2.75) is 11.8 Å². The summed E-state index contributed by atoms with van der Waals surface area (Å²) in [7, 11) is -3.84. The third-order valence-electron chi connectivity index (χ3n) is 4.31. The molecule has 8 nitrogen and oxygen atoms in total. The SMILES string of the molecule is Cc1ccc(C(=O)O)cc1S(=O)(=O)N1CCN(C(=O)c2ccco2)CC1. The standard InChI is InChI=1S/C17H18N2O6S/c1-12-4-5-13(17(21)22)11-15(12)26(23,24)19-8-6-18(7-9-19)16(20)14-3-2-10-25-14/h2-5,10-11H,6-9H2,1H3,(H,21,22). The van der Waals surface area contributed by atoms with Crippen LogP contribution in [0.15, 0.2) is 45.9 Å². The Balaban J connectivity index is 1.77. The summed E-state index contributed by atoms with van der Waals surface area (Å²) < 4.78 is 32.2. The van der Waals surface area contributed by atoms with Crippen LogP contribution >= 0.6 is 0 Å². The third-order valence-corrected chi connectivity index (χ3v) is 6.35. The molecular formula is C17H18N2O6S. The molecule has 9 heteroatoms. The molecule has 1 fully saturated rings. The van der Waals surface area contributed by atoms with Crippen LogP contribution in [0.5, 0.6) is 0 Å². The maximum Gasteiger partial charge on any atom is 0.335 e. The number of sulfonamides is 1. The number of aromatic carboxylic acids is 1. The number of carboxylic acids is 1. The molecule has 1 N–H and O–H groups in total. The van der Waals surface area contributed by atoms with Gasteiger partial charge in [-0.15, -0.1) is 0 Å². The average Bonchev–Trinajstić information content (AvgIpc) is 3.16. The second-order valence-corrected chi connectivity index (χ2v) is 7.87. The van der Waals surface area contributed by atoms with Crippen LogP contribution < -0.4 is 0 Å². The molecule has 1 aliphatic heterocycles. The van der Waals surface area contributed by atoms with Crippen molar-refractivity contribution in [3.8, 4) is 0 Å². The predicted molar refractivity (Wildman–Crippen MR) is 91.5 cm³/mol. The molecule has 0 atom stereocenters. The Kier molecular flexibility index (Phi) is 4.84. The molecule has 0 aliphatic carbocycles. The second-order valence-electron chi connectivity index (χ2n) is 5.96. The first-order valence-electron chi connectivity index (χ1n) is 7.97. The highest BCUT2D eigenvalue weighted by Gasteiger charge is 2.32. The van der Waals surface area contributed by atoms with E-state index in [0.717, 1.165) is 0 Å². The fourth-order valence-electron chi connectivity index (χ4n) is 2.84. The first-order valence-corrected chi connectivity index (χ1v) is 9.41. The molecule has 0 bridgehead atoms. The average molecular weight is 378 g/mol. The molecule has 0 radical (unpaired) electrons. The molecule has 0 unspecified atom stereocenters. The number of rotatable bonds is 4. The van der Waals surface area contributed by atoms with Crippen molar-refractivity contribution in [1.82, 2.24) is 9.21 Å². The van der Waals surface area contributed by atoms with E-state index < -0.39 is 16.0 Å². The van der Waals surface area contributed by atoms with Gasteiger partial charge in [0.25, 0.3) is 5.91 Å². The van der Waals surface area contributed by atoms with E-state index in [0.29, 0.717) is 5.56 Å². The Morgan fingerprint density at radius 2 is 1.81 bits per heavy atom. The van der Waals surface area contributed by atoms with Gasteiger partial charge < -0.3 is 14.4 Å². The minimum absolute atomic E-state index is 0.0248. The Morgan fingerprint density at radius 1 is 1.12 bits per heavy atom. The minimum Gasteiger partial charge on any atom is -0.478 e. The summed E-state index contributed by atoms with van der Waals surface area (Å²) in [5, 5.41) is 9.10. The molecule has 0 saturated carbocycles. The number of furan rings is 1. The van der Waals surface area contributed by atoms with Gasteiger partial charge in [-0.1, -0.05) is 6.07 Å². The first-order chi connectivity index (χ1) is 12.3. The van der Waals surface area contributed by atoms with Crippen molar-refractivity contribution in [3.63, 3.8) is 0 Å². The summed E-state index contributed by atoms with van der Waals surface area (Å²) in [5.74, 6) is -1.25. The monoisotopic (exact) mass is 378 g/mol. The van der Waals surface area contributed by atoms with E-state index >= 15 is 0 Å². The maximum atomic E-state index is 12.9. The van der Waals surface area contributed by atoms with Crippen molar-refractivity contribution in [3.05, 3.63) is 53.5 Å². The number of amides is 1. The van der Waals surface area contributed by atoms with Crippen molar-refractivity contribution in [1.29, 1.82) is 0 Å². The van der Waals surface area contributed by atoms with Crippen LogP contribution in [-0.4, -0.2) is 60.8 Å². The van der Waals surface area contributed by atoms with E-state index in [1.54, 1.807) is 19.1 Å². The normalized spacial score (nSPS) is 15.8. The molecule has 26 heavy (non-hydrogen) atoms. The van der Waals surface area contributed by atoms with Gasteiger partial charge in [0.05, 0.1) is 16.7 Å². The summed E-state index contributed by atoms with van der Waals surface area (Å²) in [6, 6.07) is 7.20. The van der Waals surface area contributed by atoms with Crippen molar-refractivity contribution in [2.75, 3.05) is 26.2 Å². The van der Waals surface area contributed by atoms with E-state index in [-0.39, 0.29) is 48.3 Å². The fourth-order valence-corrected chi connectivity index (χ4v) is 4.51. The van der Waals surface area contributed by atoms with Crippen LogP contribution in [0.25, 0.3) is 0 Å². The number of piperazine rings is 1. The molecular weight excluding hydrogens is 360 g/mol. The topological polar surface area (TPSA) is 108 Å². The Bertz CT molecular complexity index is 928. The largest absolute Gasteiger partial charge is 0.478 e. The molecule has 1 aromatic carbocycles. The van der Waals surface area contributed by atoms with Crippen LogP contribution in [0.1, 0.15) is 26.5 Å². The molecule has 1 aliphatic rings. The molecule has 1 aromatic heterocycles. The molecule has 1 saturated heterocycles. The van der Waals surface area contributed by atoms with Gasteiger partial charge in [0.1, 0.15) is 0 Å².